The third-order valence-corrected chi connectivity index (χ3v) is 6.19. The van der Waals surface area contributed by atoms with Gasteiger partial charge in [-0.2, -0.15) is 0 Å². The molecule has 2 heterocycles. The van der Waals surface area contributed by atoms with E-state index in [-0.39, 0.29) is 28.8 Å². The highest BCUT2D eigenvalue weighted by Crippen LogP contribution is 2.34. The topological polar surface area (TPSA) is 87.2 Å². The Morgan fingerprint density at radius 3 is 2.55 bits per heavy atom. The quantitative estimate of drug-likeness (QED) is 0.604. The summed E-state index contributed by atoms with van der Waals surface area (Å²) >= 11 is 1.18. The van der Waals surface area contributed by atoms with Crippen LogP contribution in [-0.2, 0) is 0 Å². The van der Waals surface area contributed by atoms with E-state index < -0.39 is 0 Å². The molecular weight excluding hydrogens is 417 g/mol. The first-order valence-electron chi connectivity index (χ1n) is 9.96. The number of likely N-dealkylation sites (tertiary alicyclic amines) is 1. The summed E-state index contributed by atoms with van der Waals surface area (Å²) < 4.78 is 13.8. The fourth-order valence-corrected chi connectivity index (χ4v) is 4.30. The third kappa shape index (κ3) is 4.72. The number of anilines is 2. The van der Waals surface area contributed by atoms with E-state index in [1.54, 1.807) is 24.0 Å². The van der Waals surface area contributed by atoms with Crippen LogP contribution in [0.3, 0.4) is 0 Å². The van der Waals surface area contributed by atoms with Crippen molar-refractivity contribution in [2.45, 2.75) is 32.7 Å². The van der Waals surface area contributed by atoms with Crippen LogP contribution in [-0.4, -0.2) is 33.6 Å². The molecule has 3 aromatic rings. The summed E-state index contributed by atoms with van der Waals surface area (Å²) in [6.45, 7) is 4.19. The summed E-state index contributed by atoms with van der Waals surface area (Å²) in [6.07, 6.45) is 1.54. The number of urea groups is 1. The Morgan fingerprint density at radius 1 is 1.06 bits per heavy atom. The summed E-state index contributed by atoms with van der Waals surface area (Å²) in [5, 5.41) is 14.6. The van der Waals surface area contributed by atoms with Gasteiger partial charge in [-0.1, -0.05) is 35.1 Å². The molecule has 1 saturated heterocycles. The van der Waals surface area contributed by atoms with E-state index >= 15 is 0 Å². The standard InChI is InChI=1S/C22H22FN5O2S/c1-13-5-8-15(9-6-13)24-19(29)21-27-26-20(31-21)18-4-3-11-28(18)22(30)25-16-10-7-14(2)17(23)12-16/h5-10,12,18H,3-4,11H2,1-2H3,(H,24,29)(H,25,30). The zero-order valence-corrected chi connectivity index (χ0v) is 18.0. The number of nitrogens with zero attached hydrogens (tertiary/aromatic N) is 3. The Balaban J connectivity index is 1.44. The number of aryl methyl sites for hydroxylation is 2. The van der Waals surface area contributed by atoms with E-state index in [4.69, 9.17) is 0 Å². The smallest absolute Gasteiger partial charge is 0.320 e. The molecule has 0 radical (unpaired) electrons. The second-order valence-electron chi connectivity index (χ2n) is 7.51. The van der Waals surface area contributed by atoms with Gasteiger partial charge in [0.25, 0.3) is 5.91 Å². The highest BCUT2D eigenvalue weighted by atomic mass is 32.1. The van der Waals surface area contributed by atoms with Crippen LogP contribution in [0.25, 0.3) is 0 Å². The van der Waals surface area contributed by atoms with Crippen molar-refractivity contribution in [3.8, 4) is 0 Å². The molecule has 1 aliphatic heterocycles. The highest BCUT2D eigenvalue weighted by molar-refractivity contribution is 7.13. The minimum atomic E-state index is -0.371. The van der Waals surface area contributed by atoms with Gasteiger partial charge in [0.2, 0.25) is 5.01 Å². The average molecular weight is 440 g/mol. The van der Waals surface area contributed by atoms with Crippen LogP contribution in [0.5, 0.6) is 0 Å². The van der Waals surface area contributed by atoms with E-state index in [1.807, 2.05) is 31.2 Å². The van der Waals surface area contributed by atoms with Gasteiger partial charge in [0.15, 0.2) is 0 Å². The lowest BCUT2D eigenvalue weighted by atomic mass is 10.2. The van der Waals surface area contributed by atoms with Crippen LogP contribution < -0.4 is 10.6 Å². The van der Waals surface area contributed by atoms with Crippen LogP contribution in [0.15, 0.2) is 42.5 Å². The van der Waals surface area contributed by atoms with Crippen molar-refractivity contribution in [2.75, 3.05) is 17.2 Å². The third-order valence-electron chi connectivity index (χ3n) is 5.17. The van der Waals surface area contributed by atoms with Crippen LogP contribution in [0.4, 0.5) is 20.6 Å². The second-order valence-corrected chi connectivity index (χ2v) is 8.52. The van der Waals surface area contributed by atoms with Crippen molar-refractivity contribution in [1.29, 1.82) is 0 Å². The van der Waals surface area contributed by atoms with Crippen molar-refractivity contribution in [2.24, 2.45) is 0 Å². The molecule has 1 fully saturated rings. The van der Waals surface area contributed by atoms with Crippen LogP contribution in [0.1, 0.15) is 44.8 Å². The molecule has 4 rings (SSSR count). The molecule has 160 valence electrons. The lowest BCUT2D eigenvalue weighted by molar-refractivity contribution is 0.102. The normalized spacial score (nSPS) is 15.7. The van der Waals surface area contributed by atoms with Crippen molar-refractivity contribution in [1.82, 2.24) is 15.1 Å². The number of rotatable bonds is 4. The number of hydrogen-bond donors (Lipinski definition) is 2. The van der Waals surface area contributed by atoms with Gasteiger partial charge in [-0.25, -0.2) is 9.18 Å². The molecular formula is C22H22FN5O2S. The van der Waals surface area contributed by atoms with E-state index in [9.17, 15) is 14.0 Å². The fourth-order valence-electron chi connectivity index (χ4n) is 3.41. The molecule has 0 saturated carbocycles. The summed E-state index contributed by atoms with van der Waals surface area (Å²) in [7, 11) is 0. The number of amides is 3. The lowest BCUT2D eigenvalue weighted by Gasteiger charge is -2.23. The molecule has 2 aromatic carbocycles. The first kappa shape index (κ1) is 20.9. The number of halogens is 1. The molecule has 1 atom stereocenters. The zero-order valence-electron chi connectivity index (χ0n) is 17.2. The summed E-state index contributed by atoms with van der Waals surface area (Å²) in [4.78, 5) is 26.9. The molecule has 1 aliphatic rings. The number of carbonyl (C=O) groups excluding carboxylic acids is 2. The van der Waals surface area contributed by atoms with Crippen molar-refractivity contribution in [3.05, 3.63) is 69.4 Å². The zero-order chi connectivity index (χ0) is 22.0. The molecule has 0 aliphatic carbocycles. The molecule has 1 aromatic heterocycles. The van der Waals surface area contributed by atoms with Gasteiger partial charge in [0.05, 0.1) is 6.04 Å². The largest absolute Gasteiger partial charge is 0.322 e. The SMILES string of the molecule is Cc1ccc(NC(=O)c2nnc(C3CCCN3C(=O)Nc3ccc(C)c(F)c3)s2)cc1. The fraction of sp³-hybridized carbons (Fsp3) is 0.273. The Labute approximate surface area is 183 Å². The van der Waals surface area contributed by atoms with Gasteiger partial charge in [0.1, 0.15) is 10.8 Å². The molecule has 0 spiro atoms. The van der Waals surface area contributed by atoms with Gasteiger partial charge in [-0.05, 0) is 56.5 Å². The van der Waals surface area contributed by atoms with Crippen LogP contribution in [0.2, 0.25) is 0 Å². The minimum absolute atomic E-state index is 0.239. The average Bonchev–Trinajstić information content (AvgIpc) is 3.42. The molecule has 31 heavy (non-hydrogen) atoms. The van der Waals surface area contributed by atoms with Gasteiger partial charge in [-0.15, -0.1) is 10.2 Å². The predicted octanol–water partition coefficient (Wildman–Crippen LogP) is 4.92. The number of nitrogens with one attached hydrogen (secondary N) is 2. The van der Waals surface area contributed by atoms with Crippen LogP contribution >= 0.6 is 11.3 Å². The monoisotopic (exact) mass is 439 g/mol. The predicted molar refractivity (Wildman–Crippen MR) is 118 cm³/mol. The van der Waals surface area contributed by atoms with E-state index in [0.717, 1.165) is 18.4 Å². The second kappa shape index (κ2) is 8.81. The molecule has 2 N–H and O–H groups in total. The van der Waals surface area contributed by atoms with E-state index in [1.165, 1.54) is 17.4 Å². The first-order valence-corrected chi connectivity index (χ1v) is 10.8. The minimum Gasteiger partial charge on any atom is -0.320 e. The molecule has 3 amide bonds. The Kier molecular flexibility index (Phi) is 5.94. The summed E-state index contributed by atoms with van der Waals surface area (Å²) in [6, 6.07) is 11.5. The molecule has 9 heteroatoms. The van der Waals surface area contributed by atoms with Crippen molar-refractivity contribution in [3.63, 3.8) is 0 Å². The Hall–Kier alpha value is -3.33. The molecule has 0 bridgehead atoms. The van der Waals surface area contributed by atoms with Gasteiger partial charge in [-0.3, -0.25) is 4.79 Å². The van der Waals surface area contributed by atoms with E-state index in [0.29, 0.717) is 28.5 Å². The van der Waals surface area contributed by atoms with E-state index in [2.05, 4.69) is 20.8 Å². The number of carbonyl (C=O) groups is 2. The maximum absolute atomic E-state index is 13.8. The molecule has 7 nitrogen and oxygen atoms in total. The molecule has 1 unspecified atom stereocenters. The van der Waals surface area contributed by atoms with Gasteiger partial charge in [0, 0.05) is 17.9 Å². The Bertz CT molecular complexity index is 1120. The van der Waals surface area contributed by atoms with Gasteiger partial charge >= 0.3 is 6.03 Å². The van der Waals surface area contributed by atoms with Crippen molar-refractivity contribution >= 4 is 34.6 Å². The maximum Gasteiger partial charge on any atom is 0.322 e. The highest BCUT2D eigenvalue weighted by Gasteiger charge is 2.33. The van der Waals surface area contributed by atoms with Gasteiger partial charge < -0.3 is 15.5 Å². The summed E-state index contributed by atoms with van der Waals surface area (Å²) in [5.41, 5.74) is 2.69. The number of aromatic nitrogens is 2. The Morgan fingerprint density at radius 2 is 1.81 bits per heavy atom. The lowest BCUT2D eigenvalue weighted by Crippen LogP contribution is -2.34. The van der Waals surface area contributed by atoms with Crippen molar-refractivity contribution < 1.29 is 14.0 Å². The first-order chi connectivity index (χ1) is 14.9. The number of benzene rings is 2. The maximum atomic E-state index is 13.8. The number of hydrogen-bond acceptors (Lipinski definition) is 5. The van der Waals surface area contributed by atoms with Crippen LogP contribution in [0, 0.1) is 19.7 Å². The summed E-state index contributed by atoms with van der Waals surface area (Å²) in [5.74, 6) is -0.708.